The van der Waals surface area contributed by atoms with Crippen LogP contribution in [0.2, 0.25) is 0 Å². The molecule has 22 heavy (non-hydrogen) atoms. The molecule has 1 N–H and O–H groups in total. The van der Waals surface area contributed by atoms with Crippen LogP contribution in [0.1, 0.15) is 72.1 Å². The van der Waals surface area contributed by atoms with Gasteiger partial charge in [-0.3, -0.25) is 4.79 Å². The Kier molecular flexibility index (Phi) is 2.27. The first-order valence-electron chi connectivity index (χ1n) is 9.50. The molecule has 0 aliphatic heterocycles. The molecule has 6 saturated carbocycles. The summed E-state index contributed by atoms with van der Waals surface area (Å²) >= 11 is 0. The second-order valence-electron chi connectivity index (χ2n) is 10.4. The van der Waals surface area contributed by atoms with Crippen molar-refractivity contribution in [2.45, 2.75) is 72.1 Å². The summed E-state index contributed by atoms with van der Waals surface area (Å²) < 4.78 is 0. The van der Waals surface area contributed by atoms with E-state index in [2.05, 4.69) is 20.8 Å². The summed E-state index contributed by atoms with van der Waals surface area (Å²) in [6.45, 7) is 7.09. The Balaban J connectivity index is 1.56. The maximum atomic E-state index is 12.0. The molecule has 0 heterocycles. The SMILES string of the molecule is C[C@]12CCC[C@@](C)(C(=O)O)[C@@H]1CC[C@]13C[C@@H]4[C@H](C[C@@H]12)[C@]4(C)C3. The predicted octanol–water partition coefficient (Wildman–Crippen LogP) is 4.73. The van der Waals surface area contributed by atoms with Crippen LogP contribution in [0.5, 0.6) is 0 Å². The number of rotatable bonds is 1. The lowest BCUT2D eigenvalue weighted by atomic mass is 9.39. The minimum Gasteiger partial charge on any atom is -0.481 e. The van der Waals surface area contributed by atoms with Gasteiger partial charge in [-0.2, -0.15) is 0 Å². The zero-order valence-electron chi connectivity index (χ0n) is 14.3. The van der Waals surface area contributed by atoms with E-state index in [0.29, 0.717) is 22.2 Å². The Bertz CT molecular complexity index is 570. The summed E-state index contributed by atoms with van der Waals surface area (Å²) in [6.07, 6.45) is 10.1. The third kappa shape index (κ3) is 1.26. The fourth-order valence-electron chi connectivity index (χ4n) is 8.87. The highest BCUT2D eigenvalue weighted by atomic mass is 16.4. The van der Waals surface area contributed by atoms with Crippen molar-refractivity contribution in [3.63, 3.8) is 0 Å². The average Bonchev–Trinajstić information content (AvgIpc) is 2.89. The van der Waals surface area contributed by atoms with Crippen LogP contribution in [-0.2, 0) is 4.79 Å². The molecule has 0 saturated heterocycles. The van der Waals surface area contributed by atoms with Crippen LogP contribution in [0.15, 0.2) is 0 Å². The van der Waals surface area contributed by atoms with Gasteiger partial charge in [0.1, 0.15) is 0 Å². The third-order valence-corrected chi connectivity index (χ3v) is 9.85. The third-order valence-electron chi connectivity index (χ3n) is 9.85. The lowest BCUT2D eigenvalue weighted by Crippen LogP contribution is -2.59. The quantitative estimate of drug-likeness (QED) is 0.760. The molecular weight excluding hydrogens is 272 g/mol. The van der Waals surface area contributed by atoms with Crippen LogP contribution < -0.4 is 0 Å². The molecule has 0 amide bonds. The molecule has 4 bridgehead atoms. The molecule has 0 aromatic carbocycles. The van der Waals surface area contributed by atoms with Crippen molar-refractivity contribution in [3.8, 4) is 0 Å². The van der Waals surface area contributed by atoms with Crippen molar-refractivity contribution in [1.29, 1.82) is 0 Å². The van der Waals surface area contributed by atoms with Gasteiger partial charge in [0, 0.05) is 0 Å². The topological polar surface area (TPSA) is 37.3 Å². The molecule has 8 atom stereocenters. The summed E-state index contributed by atoms with van der Waals surface area (Å²) in [5.41, 5.74) is 1.10. The normalized spacial score (nSPS) is 64.7. The van der Waals surface area contributed by atoms with Crippen LogP contribution >= 0.6 is 0 Å². The summed E-state index contributed by atoms with van der Waals surface area (Å²) in [4.78, 5) is 12.0. The number of aliphatic carboxylic acids is 1. The number of hydrogen-bond donors (Lipinski definition) is 1. The number of carboxylic acids is 1. The summed E-state index contributed by atoms with van der Waals surface area (Å²) in [7, 11) is 0. The standard InChI is InChI=1S/C20H30O2/c1-17-6-4-7-18(2,16(21)22)14(17)5-8-20-10-13-12(9-15(17)20)19(13,3)11-20/h12-15H,4-11H2,1-3H3,(H,21,22)/t12-,13+,14+,15+,17-,18+,19-,20+/m0/s1. The van der Waals surface area contributed by atoms with Gasteiger partial charge < -0.3 is 5.11 Å². The molecule has 0 aromatic rings. The van der Waals surface area contributed by atoms with Crippen LogP contribution in [0.3, 0.4) is 0 Å². The summed E-state index contributed by atoms with van der Waals surface area (Å²) in [5, 5.41) is 9.92. The van der Waals surface area contributed by atoms with E-state index in [0.717, 1.165) is 30.6 Å². The Morgan fingerprint density at radius 3 is 2.41 bits per heavy atom. The molecule has 6 rings (SSSR count). The lowest BCUT2D eigenvalue weighted by molar-refractivity contribution is -0.187. The van der Waals surface area contributed by atoms with Crippen LogP contribution in [0.4, 0.5) is 0 Å². The Morgan fingerprint density at radius 1 is 1.00 bits per heavy atom. The van der Waals surface area contributed by atoms with Crippen LogP contribution in [0, 0.1) is 45.3 Å². The number of carbonyl (C=O) groups is 1. The highest BCUT2D eigenvalue weighted by Crippen LogP contribution is 2.85. The van der Waals surface area contributed by atoms with E-state index < -0.39 is 11.4 Å². The van der Waals surface area contributed by atoms with Crippen molar-refractivity contribution >= 4 is 5.97 Å². The molecule has 0 radical (unpaired) electrons. The predicted molar refractivity (Wildman–Crippen MR) is 85.3 cm³/mol. The van der Waals surface area contributed by atoms with Gasteiger partial charge in [-0.15, -0.1) is 0 Å². The number of carboxylic acid groups (broad SMARTS) is 1. The lowest BCUT2D eigenvalue weighted by Gasteiger charge is -2.65. The van der Waals surface area contributed by atoms with Crippen molar-refractivity contribution in [1.82, 2.24) is 0 Å². The molecular formula is C20H30O2. The zero-order chi connectivity index (χ0) is 15.5. The minimum atomic E-state index is -0.530. The summed E-state index contributed by atoms with van der Waals surface area (Å²) in [6, 6.07) is 0. The highest BCUT2D eigenvalue weighted by Gasteiger charge is 2.78. The molecule has 6 aliphatic carbocycles. The van der Waals surface area contributed by atoms with E-state index in [1.54, 1.807) is 0 Å². The molecule has 2 heteroatoms. The van der Waals surface area contributed by atoms with Gasteiger partial charge >= 0.3 is 5.97 Å². The van der Waals surface area contributed by atoms with Crippen molar-refractivity contribution < 1.29 is 9.90 Å². The highest BCUT2D eigenvalue weighted by molar-refractivity contribution is 5.75. The van der Waals surface area contributed by atoms with E-state index in [1.807, 2.05) is 0 Å². The van der Waals surface area contributed by atoms with E-state index in [4.69, 9.17) is 0 Å². The second kappa shape index (κ2) is 3.59. The molecule has 1 spiro atoms. The molecule has 0 unspecified atom stereocenters. The average molecular weight is 302 g/mol. The summed E-state index contributed by atoms with van der Waals surface area (Å²) in [5.74, 6) is 2.70. The first kappa shape index (κ1) is 13.9. The fourth-order valence-corrected chi connectivity index (χ4v) is 8.87. The van der Waals surface area contributed by atoms with Gasteiger partial charge in [-0.1, -0.05) is 20.3 Å². The van der Waals surface area contributed by atoms with Crippen LogP contribution in [0.25, 0.3) is 0 Å². The molecule has 6 aliphatic rings. The first-order valence-corrected chi connectivity index (χ1v) is 9.50. The van der Waals surface area contributed by atoms with Crippen LogP contribution in [-0.4, -0.2) is 11.1 Å². The molecule has 122 valence electrons. The molecule has 0 aromatic heterocycles. The maximum absolute atomic E-state index is 12.0. The van der Waals surface area contributed by atoms with Gasteiger partial charge in [0.2, 0.25) is 0 Å². The van der Waals surface area contributed by atoms with Crippen molar-refractivity contribution in [2.24, 2.45) is 45.3 Å². The molecule has 2 nitrogen and oxygen atoms in total. The Hall–Kier alpha value is -0.530. The van der Waals surface area contributed by atoms with Gasteiger partial charge in [-0.25, -0.2) is 0 Å². The largest absolute Gasteiger partial charge is 0.481 e. The maximum Gasteiger partial charge on any atom is 0.309 e. The van der Waals surface area contributed by atoms with Crippen molar-refractivity contribution in [3.05, 3.63) is 0 Å². The number of fused-ring (bicyclic) bond motifs is 1. The number of hydrogen-bond acceptors (Lipinski definition) is 1. The van der Waals surface area contributed by atoms with E-state index >= 15 is 0 Å². The van der Waals surface area contributed by atoms with E-state index in [9.17, 15) is 9.90 Å². The smallest absolute Gasteiger partial charge is 0.309 e. The zero-order valence-corrected chi connectivity index (χ0v) is 14.3. The molecule has 6 fully saturated rings. The van der Waals surface area contributed by atoms with Gasteiger partial charge in [0.05, 0.1) is 5.41 Å². The van der Waals surface area contributed by atoms with E-state index in [-0.39, 0.29) is 0 Å². The minimum absolute atomic E-state index is 0.290. The monoisotopic (exact) mass is 302 g/mol. The van der Waals surface area contributed by atoms with E-state index in [1.165, 1.54) is 38.5 Å². The Labute approximate surface area is 134 Å². The van der Waals surface area contributed by atoms with Gasteiger partial charge in [0.25, 0.3) is 0 Å². The van der Waals surface area contributed by atoms with Gasteiger partial charge in [0.15, 0.2) is 0 Å². The Morgan fingerprint density at radius 2 is 1.77 bits per heavy atom. The fraction of sp³-hybridized carbons (Fsp3) is 0.950. The first-order chi connectivity index (χ1) is 10.3. The second-order valence-corrected chi connectivity index (χ2v) is 10.4. The van der Waals surface area contributed by atoms with Gasteiger partial charge in [-0.05, 0) is 91.8 Å². The van der Waals surface area contributed by atoms with Crippen molar-refractivity contribution in [2.75, 3.05) is 0 Å².